The highest BCUT2D eigenvalue weighted by atomic mass is 16.2. The molecule has 0 fully saturated rings. The standard InChI is InChI=1S/C10H17N5O2/c1-14(2)8(16)4-5-12-10(17)9-7(11)6-13-15(9)3/h6H,4-5,11H2,1-3H3,(H,12,17). The Hall–Kier alpha value is -2.05. The third kappa shape index (κ3) is 3.20. The molecule has 0 aliphatic rings. The normalized spacial score (nSPS) is 10.1. The van der Waals surface area contributed by atoms with Crippen molar-refractivity contribution in [1.29, 1.82) is 0 Å². The SMILES string of the molecule is CN(C)C(=O)CCNC(=O)c1c(N)cnn1C. The maximum Gasteiger partial charge on any atom is 0.271 e. The van der Waals surface area contributed by atoms with E-state index in [9.17, 15) is 9.59 Å². The number of hydrogen-bond donors (Lipinski definition) is 2. The fourth-order valence-electron chi connectivity index (χ4n) is 1.32. The summed E-state index contributed by atoms with van der Waals surface area (Å²) in [4.78, 5) is 24.5. The van der Waals surface area contributed by atoms with Gasteiger partial charge in [-0.15, -0.1) is 0 Å². The molecule has 94 valence electrons. The Bertz CT molecular complexity index is 405. The highest BCUT2D eigenvalue weighted by molar-refractivity contribution is 5.97. The van der Waals surface area contributed by atoms with Crippen LogP contribution in [0.4, 0.5) is 5.69 Å². The van der Waals surface area contributed by atoms with Crippen molar-refractivity contribution in [2.45, 2.75) is 6.42 Å². The van der Waals surface area contributed by atoms with Crippen LogP contribution < -0.4 is 11.1 Å². The van der Waals surface area contributed by atoms with E-state index in [2.05, 4.69) is 10.4 Å². The molecule has 0 atom stereocenters. The number of nitrogens with zero attached hydrogens (tertiary/aromatic N) is 3. The average molecular weight is 239 g/mol. The summed E-state index contributed by atoms with van der Waals surface area (Å²) in [5.41, 5.74) is 6.23. The molecule has 0 bridgehead atoms. The van der Waals surface area contributed by atoms with E-state index in [-0.39, 0.29) is 24.8 Å². The summed E-state index contributed by atoms with van der Waals surface area (Å²) in [5.74, 6) is -0.364. The number of aryl methyl sites for hydroxylation is 1. The third-order valence-electron chi connectivity index (χ3n) is 2.31. The molecule has 0 aliphatic carbocycles. The number of nitrogens with one attached hydrogen (secondary N) is 1. The largest absolute Gasteiger partial charge is 0.396 e. The summed E-state index contributed by atoms with van der Waals surface area (Å²) in [5, 5.41) is 6.49. The molecule has 1 aromatic heterocycles. The van der Waals surface area contributed by atoms with E-state index in [1.807, 2.05) is 0 Å². The zero-order valence-corrected chi connectivity index (χ0v) is 10.2. The maximum atomic E-state index is 11.7. The predicted octanol–water partition coefficient (Wildman–Crippen LogP) is -0.790. The van der Waals surface area contributed by atoms with Crippen molar-refractivity contribution in [3.05, 3.63) is 11.9 Å². The topological polar surface area (TPSA) is 93.2 Å². The predicted molar refractivity (Wildman–Crippen MR) is 63.3 cm³/mol. The molecular weight excluding hydrogens is 222 g/mol. The molecule has 0 saturated carbocycles. The first-order chi connectivity index (χ1) is 7.93. The molecular formula is C10H17N5O2. The van der Waals surface area contributed by atoms with Gasteiger partial charge in [0.1, 0.15) is 5.69 Å². The lowest BCUT2D eigenvalue weighted by molar-refractivity contribution is -0.128. The minimum Gasteiger partial charge on any atom is -0.396 e. The van der Waals surface area contributed by atoms with E-state index in [0.29, 0.717) is 11.4 Å². The lowest BCUT2D eigenvalue weighted by atomic mass is 10.3. The van der Waals surface area contributed by atoms with Crippen molar-refractivity contribution < 1.29 is 9.59 Å². The molecule has 17 heavy (non-hydrogen) atoms. The minimum atomic E-state index is -0.325. The van der Waals surface area contributed by atoms with E-state index in [4.69, 9.17) is 5.73 Å². The number of carbonyl (C=O) groups excluding carboxylic acids is 2. The van der Waals surface area contributed by atoms with Gasteiger partial charge in [-0.3, -0.25) is 14.3 Å². The fourth-order valence-corrected chi connectivity index (χ4v) is 1.32. The summed E-state index contributed by atoms with van der Waals surface area (Å²) < 4.78 is 1.40. The van der Waals surface area contributed by atoms with Crippen LogP contribution in [0.1, 0.15) is 16.9 Å². The number of hydrogen-bond acceptors (Lipinski definition) is 4. The zero-order chi connectivity index (χ0) is 13.0. The highest BCUT2D eigenvalue weighted by Gasteiger charge is 2.14. The van der Waals surface area contributed by atoms with Crippen LogP contribution in [0.2, 0.25) is 0 Å². The summed E-state index contributed by atoms with van der Waals surface area (Å²) >= 11 is 0. The summed E-state index contributed by atoms with van der Waals surface area (Å²) in [6.45, 7) is 0.278. The quantitative estimate of drug-likeness (QED) is 0.720. The molecule has 0 radical (unpaired) electrons. The first-order valence-electron chi connectivity index (χ1n) is 5.19. The van der Waals surface area contributed by atoms with Gasteiger partial charge in [0, 0.05) is 34.1 Å². The lowest BCUT2D eigenvalue weighted by Gasteiger charge is -2.10. The van der Waals surface area contributed by atoms with Gasteiger partial charge in [-0.25, -0.2) is 0 Å². The Kier molecular flexibility index (Phi) is 4.08. The summed E-state index contributed by atoms with van der Waals surface area (Å²) in [6.07, 6.45) is 1.68. The van der Waals surface area contributed by atoms with E-state index in [0.717, 1.165) is 0 Å². The van der Waals surface area contributed by atoms with Crippen LogP contribution in [-0.4, -0.2) is 47.1 Å². The molecule has 7 heteroatoms. The zero-order valence-electron chi connectivity index (χ0n) is 10.2. The van der Waals surface area contributed by atoms with Crippen LogP contribution in [0, 0.1) is 0 Å². The molecule has 3 N–H and O–H groups in total. The molecule has 0 aliphatic heterocycles. The Morgan fingerprint density at radius 3 is 2.65 bits per heavy atom. The highest BCUT2D eigenvalue weighted by Crippen LogP contribution is 2.08. The number of aromatic nitrogens is 2. The fraction of sp³-hybridized carbons (Fsp3) is 0.500. The Balaban J connectivity index is 2.49. The number of carbonyl (C=O) groups is 2. The summed E-state index contributed by atoms with van der Waals surface area (Å²) in [7, 11) is 4.97. The van der Waals surface area contributed by atoms with Gasteiger partial charge in [0.15, 0.2) is 0 Å². The second-order valence-corrected chi connectivity index (χ2v) is 3.87. The Morgan fingerprint density at radius 1 is 1.53 bits per heavy atom. The Morgan fingerprint density at radius 2 is 2.18 bits per heavy atom. The summed E-state index contributed by atoms with van der Waals surface area (Å²) in [6, 6.07) is 0. The van der Waals surface area contributed by atoms with E-state index >= 15 is 0 Å². The molecule has 0 spiro atoms. The monoisotopic (exact) mass is 239 g/mol. The minimum absolute atomic E-state index is 0.0386. The molecule has 1 rings (SSSR count). The van der Waals surface area contributed by atoms with Crippen molar-refractivity contribution in [3.8, 4) is 0 Å². The van der Waals surface area contributed by atoms with Crippen LogP contribution in [-0.2, 0) is 11.8 Å². The van der Waals surface area contributed by atoms with Gasteiger partial charge >= 0.3 is 0 Å². The van der Waals surface area contributed by atoms with Gasteiger partial charge in [-0.2, -0.15) is 5.10 Å². The van der Waals surface area contributed by atoms with Gasteiger partial charge in [0.2, 0.25) is 5.91 Å². The smallest absolute Gasteiger partial charge is 0.271 e. The number of amides is 2. The van der Waals surface area contributed by atoms with Crippen LogP contribution in [0.25, 0.3) is 0 Å². The van der Waals surface area contributed by atoms with Crippen LogP contribution in [0.15, 0.2) is 6.20 Å². The lowest BCUT2D eigenvalue weighted by Crippen LogP contribution is -2.31. The van der Waals surface area contributed by atoms with Crippen LogP contribution in [0.5, 0.6) is 0 Å². The first-order valence-corrected chi connectivity index (χ1v) is 5.19. The van der Waals surface area contributed by atoms with Gasteiger partial charge < -0.3 is 16.0 Å². The second-order valence-electron chi connectivity index (χ2n) is 3.87. The van der Waals surface area contributed by atoms with Crippen LogP contribution >= 0.6 is 0 Å². The van der Waals surface area contributed by atoms with Gasteiger partial charge in [0.25, 0.3) is 5.91 Å². The molecule has 1 aromatic rings. The van der Waals surface area contributed by atoms with E-state index in [1.165, 1.54) is 15.8 Å². The molecule has 0 unspecified atom stereocenters. The molecule has 7 nitrogen and oxygen atoms in total. The molecule has 2 amide bonds. The van der Waals surface area contributed by atoms with Crippen molar-refractivity contribution in [2.75, 3.05) is 26.4 Å². The van der Waals surface area contributed by atoms with Crippen molar-refractivity contribution in [1.82, 2.24) is 20.0 Å². The number of nitrogen functional groups attached to an aromatic ring is 1. The number of nitrogens with two attached hydrogens (primary N) is 1. The maximum absolute atomic E-state index is 11.7. The Labute approximate surface area is 99.6 Å². The van der Waals surface area contributed by atoms with E-state index < -0.39 is 0 Å². The number of rotatable bonds is 4. The number of anilines is 1. The van der Waals surface area contributed by atoms with Gasteiger partial charge in [0.05, 0.1) is 11.9 Å². The van der Waals surface area contributed by atoms with Crippen molar-refractivity contribution in [2.24, 2.45) is 7.05 Å². The van der Waals surface area contributed by atoms with Crippen LogP contribution in [0.3, 0.4) is 0 Å². The molecule has 1 heterocycles. The third-order valence-corrected chi connectivity index (χ3v) is 2.31. The first kappa shape index (κ1) is 13.0. The van der Waals surface area contributed by atoms with Gasteiger partial charge in [-0.1, -0.05) is 0 Å². The molecule has 0 saturated heterocycles. The average Bonchev–Trinajstić information content (AvgIpc) is 2.58. The second kappa shape index (κ2) is 5.33. The van der Waals surface area contributed by atoms with Gasteiger partial charge in [-0.05, 0) is 0 Å². The van der Waals surface area contributed by atoms with E-state index in [1.54, 1.807) is 21.1 Å². The van der Waals surface area contributed by atoms with Crippen molar-refractivity contribution in [3.63, 3.8) is 0 Å². The molecule has 0 aromatic carbocycles. The van der Waals surface area contributed by atoms with Crippen molar-refractivity contribution >= 4 is 17.5 Å².